The summed E-state index contributed by atoms with van der Waals surface area (Å²) in [5, 5.41) is 0. The third-order valence-corrected chi connectivity index (χ3v) is 3.66. The molecule has 0 amide bonds. The second kappa shape index (κ2) is 4.66. The van der Waals surface area contributed by atoms with E-state index in [0.717, 1.165) is 19.4 Å². The zero-order chi connectivity index (χ0) is 12.6. The van der Waals surface area contributed by atoms with Crippen LogP contribution in [-0.4, -0.2) is 29.1 Å². The maximum Gasteiger partial charge on any atom is 0.0161 e. The van der Waals surface area contributed by atoms with Crippen molar-refractivity contribution in [2.45, 2.75) is 78.4 Å². The lowest BCUT2D eigenvalue weighted by Gasteiger charge is -2.49. The third kappa shape index (κ3) is 3.74. The van der Waals surface area contributed by atoms with Crippen LogP contribution in [0.4, 0.5) is 0 Å². The zero-order valence-corrected chi connectivity index (χ0v) is 12.0. The summed E-state index contributed by atoms with van der Waals surface area (Å²) in [7, 11) is 0. The molecule has 1 aliphatic rings. The Kier molecular flexibility index (Phi) is 4.07. The van der Waals surface area contributed by atoms with Crippen LogP contribution >= 0.6 is 0 Å². The highest BCUT2D eigenvalue weighted by Gasteiger charge is 2.36. The molecule has 0 radical (unpaired) electrons. The van der Waals surface area contributed by atoms with Gasteiger partial charge in [-0.15, -0.1) is 0 Å². The van der Waals surface area contributed by atoms with E-state index in [1.807, 2.05) is 0 Å². The third-order valence-electron chi connectivity index (χ3n) is 3.66. The minimum absolute atomic E-state index is 0.289. The van der Waals surface area contributed by atoms with Gasteiger partial charge in [0.1, 0.15) is 0 Å². The molecule has 0 bridgehead atoms. The number of likely N-dealkylation sites (tertiary alicyclic amines) is 1. The van der Waals surface area contributed by atoms with E-state index in [4.69, 9.17) is 5.73 Å². The summed E-state index contributed by atoms with van der Waals surface area (Å²) in [6, 6.07) is 1.04. The number of piperidine rings is 1. The molecule has 2 heteroatoms. The molecule has 0 aliphatic carbocycles. The van der Waals surface area contributed by atoms with Crippen molar-refractivity contribution < 1.29 is 0 Å². The molecule has 16 heavy (non-hydrogen) atoms. The van der Waals surface area contributed by atoms with Crippen molar-refractivity contribution >= 4 is 0 Å². The minimum atomic E-state index is 0.289. The molecule has 2 atom stereocenters. The van der Waals surface area contributed by atoms with Crippen LogP contribution < -0.4 is 5.73 Å². The van der Waals surface area contributed by atoms with Gasteiger partial charge >= 0.3 is 0 Å². The van der Waals surface area contributed by atoms with Crippen LogP contribution in [0.25, 0.3) is 0 Å². The quantitative estimate of drug-likeness (QED) is 0.784. The lowest BCUT2D eigenvalue weighted by Crippen LogP contribution is -2.56. The highest BCUT2D eigenvalue weighted by molar-refractivity contribution is 4.92. The molecule has 0 aromatic rings. The SMILES string of the molecule is CC1CC(N)CCN1C(C)(C)CC(C)(C)C. The van der Waals surface area contributed by atoms with Gasteiger partial charge in [0.25, 0.3) is 0 Å². The molecule has 2 nitrogen and oxygen atoms in total. The van der Waals surface area contributed by atoms with E-state index < -0.39 is 0 Å². The van der Waals surface area contributed by atoms with Crippen molar-refractivity contribution in [2.75, 3.05) is 6.54 Å². The monoisotopic (exact) mass is 226 g/mol. The molecule has 1 saturated heterocycles. The Bertz CT molecular complexity index is 227. The molecule has 0 aromatic heterocycles. The predicted octanol–water partition coefficient (Wildman–Crippen LogP) is 3.01. The van der Waals surface area contributed by atoms with E-state index in [1.54, 1.807) is 0 Å². The van der Waals surface area contributed by atoms with E-state index in [2.05, 4.69) is 46.4 Å². The average molecular weight is 226 g/mol. The van der Waals surface area contributed by atoms with Gasteiger partial charge < -0.3 is 5.73 Å². The van der Waals surface area contributed by atoms with Crippen LogP contribution in [-0.2, 0) is 0 Å². The number of nitrogens with zero attached hydrogens (tertiary/aromatic N) is 1. The Balaban J connectivity index is 2.68. The lowest BCUT2D eigenvalue weighted by atomic mass is 9.79. The Morgan fingerprint density at radius 2 is 1.75 bits per heavy atom. The minimum Gasteiger partial charge on any atom is -0.328 e. The van der Waals surface area contributed by atoms with Crippen LogP contribution in [0.1, 0.15) is 60.8 Å². The van der Waals surface area contributed by atoms with Crippen molar-refractivity contribution in [1.29, 1.82) is 0 Å². The van der Waals surface area contributed by atoms with Crippen LogP contribution in [0.15, 0.2) is 0 Å². The molecule has 2 unspecified atom stereocenters. The molecule has 2 N–H and O–H groups in total. The zero-order valence-electron chi connectivity index (χ0n) is 12.0. The van der Waals surface area contributed by atoms with E-state index in [1.165, 1.54) is 6.42 Å². The first-order valence-corrected chi connectivity index (χ1v) is 6.64. The fourth-order valence-corrected chi connectivity index (χ4v) is 3.51. The smallest absolute Gasteiger partial charge is 0.0161 e. The van der Waals surface area contributed by atoms with Gasteiger partial charge in [0.2, 0.25) is 0 Å². The molecule has 0 spiro atoms. The van der Waals surface area contributed by atoms with Crippen molar-refractivity contribution in [2.24, 2.45) is 11.1 Å². The summed E-state index contributed by atoms with van der Waals surface area (Å²) < 4.78 is 0. The Morgan fingerprint density at radius 1 is 1.19 bits per heavy atom. The standard InChI is InChI=1S/C14H30N2/c1-11-9-12(15)7-8-16(11)14(5,6)10-13(2,3)4/h11-12H,7-10,15H2,1-6H3. The molecular weight excluding hydrogens is 196 g/mol. The number of hydrogen-bond donors (Lipinski definition) is 1. The Morgan fingerprint density at radius 3 is 2.19 bits per heavy atom. The molecular formula is C14H30N2. The van der Waals surface area contributed by atoms with Gasteiger partial charge in [-0.1, -0.05) is 20.8 Å². The predicted molar refractivity (Wildman–Crippen MR) is 71.5 cm³/mol. The summed E-state index contributed by atoms with van der Waals surface area (Å²) in [5.74, 6) is 0. The summed E-state index contributed by atoms with van der Waals surface area (Å²) in [6.45, 7) is 15.2. The van der Waals surface area contributed by atoms with Crippen molar-refractivity contribution in [3.05, 3.63) is 0 Å². The summed E-state index contributed by atoms with van der Waals surface area (Å²) in [5.41, 5.74) is 6.71. The van der Waals surface area contributed by atoms with Gasteiger partial charge in [0.15, 0.2) is 0 Å². The van der Waals surface area contributed by atoms with Crippen LogP contribution in [0.2, 0.25) is 0 Å². The first-order chi connectivity index (χ1) is 7.12. The van der Waals surface area contributed by atoms with Crippen molar-refractivity contribution in [1.82, 2.24) is 4.90 Å². The highest BCUT2D eigenvalue weighted by Crippen LogP contribution is 2.34. The molecule has 1 rings (SSSR count). The Labute approximate surface area is 102 Å². The average Bonchev–Trinajstić information content (AvgIpc) is 1.97. The topological polar surface area (TPSA) is 29.3 Å². The maximum atomic E-state index is 6.03. The van der Waals surface area contributed by atoms with Gasteiger partial charge in [0.05, 0.1) is 0 Å². The molecule has 0 aromatic carbocycles. The normalized spacial score (nSPS) is 29.4. The number of rotatable bonds is 2. The number of hydrogen-bond acceptors (Lipinski definition) is 2. The van der Waals surface area contributed by atoms with E-state index >= 15 is 0 Å². The van der Waals surface area contributed by atoms with Crippen molar-refractivity contribution in [3.63, 3.8) is 0 Å². The molecule has 1 heterocycles. The molecule has 1 aliphatic heterocycles. The van der Waals surface area contributed by atoms with E-state index in [-0.39, 0.29) is 5.54 Å². The molecule has 96 valence electrons. The van der Waals surface area contributed by atoms with Gasteiger partial charge in [-0.05, 0) is 45.4 Å². The van der Waals surface area contributed by atoms with Crippen LogP contribution in [0, 0.1) is 5.41 Å². The van der Waals surface area contributed by atoms with Crippen LogP contribution in [0.3, 0.4) is 0 Å². The van der Waals surface area contributed by atoms with Crippen LogP contribution in [0.5, 0.6) is 0 Å². The fourth-order valence-electron chi connectivity index (χ4n) is 3.51. The van der Waals surface area contributed by atoms with E-state index in [0.29, 0.717) is 17.5 Å². The largest absolute Gasteiger partial charge is 0.328 e. The van der Waals surface area contributed by atoms with Gasteiger partial charge in [-0.25, -0.2) is 0 Å². The lowest BCUT2D eigenvalue weighted by molar-refractivity contribution is 0.0164. The summed E-state index contributed by atoms with van der Waals surface area (Å²) in [6.07, 6.45) is 3.53. The van der Waals surface area contributed by atoms with Gasteiger partial charge in [-0.2, -0.15) is 0 Å². The first kappa shape index (κ1) is 14.0. The Hall–Kier alpha value is -0.0800. The first-order valence-electron chi connectivity index (χ1n) is 6.64. The fraction of sp³-hybridized carbons (Fsp3) is 1.00. The highest BCUT2D eigenvalue weighted by atomic mass is 15.2. The summed E-state index contributed by atoms with van der Waals surface area (Å²) >= 11 is 0. The maximum absolute atomic E-state index is 6.03. The summed E-state index contributed by atoms with van der Waals surface area (Å²) in [4.78, 5) is 2.65. The second-order valence-corrected chi connectivity index (χ2v) is 7.38. The van der Waals surface area contributed by atoms with Gasteiger partial charge in [-0.3, -0.25) is 4.90 Å². The molecule has 1 fully saturated rings. The molecule has 0 saturated carbocycles. The van der Waals surface area contributed by atoms with E-state index in [9.17, 15) is 0 Å². The van der Waals surface area contributed by atoms with Gasteiger partial charge in [0, 0.05) is 24.2 Å². The second-order valence-electron chi connectivity index (χ2n) is 7.38. The van der Waals surface area contributed by atoms with Crippen molar-refractivity contribution in [3.8, 4) is 0 Å². The number of nitrogens with two attached hydrogens (primary N) is 1.